The maximum absolute atomic E-state index is 5.54. The Morgan fingerprint density at radius 1 is 1.43 bits per heavy atom. The average Bonchev–Trinajstić information content (AvgIpc) is 3.16. The van der Waals surface area contributed by atoms with Crippen LogP contribution >= 0.6 is 0 Å². The average molecular weight is 289 g/mol. The van der Waals surface area contributed by atoms with Crippen molar-refractivity contribution in [2.24, 2.45) is 11.7 Å². The van der Waals surface area contributed by atoms with Gasteiger partial charge in [0.2, 0.25) is 0 Å². The van der Waals surface area contributed by atoms with Crippen molar-refractivity contribution >= 4 is 0 Å². The van der Waals surface area contributed by atoms with E-state index in [1.165, 1.54) is 25.7 Å². The van der Waals surface area contributed by atoms with E-state index in [1.807, 2.05) is 10.8 Å². The van der Waals surface area contributed by atoms with Crippen LogP contribution in [-0.2, 0) is 6.54 Å². The van der Waals surface area contributed by atoms with E-state index in [9.17, 15) is 0 Å². The summed E-state index contributed by atoms with van der Waals surface area (Å²) in [6.45, 7) is 3.60. The molecule has 2 unspecified atom stereocenters. The Morgan fingerprint density at radius 2 is 2.33 bits per heavy atom. The summed E-state index contributed by atoms with van der Waals surface area (Å²) in [6, 6.07) is 0. The lowest BCUT2D eigenvalue weighted by Crippen LogP contribution is -2.14. The molecule has 6 nitrogen and oxygen atoms in total. The molecule has 0 bridgehead atoms. The number of hydrogen-bond donors (Lipinski definition) is 1. The van der Waals surface area contributed by atoms with Gasteiger partial charge in [-0.3, -0.25) is 0 Å². The third kappa shape index (κ3) is 3.15. The minimum absolute atomic E-state index is 0.437. The molecule has 114 valence electrons. The third-order valence-corrected chi connectivity index (χ3v) is 4.41. The summed E-state index contributed by atoms with van der Waals surface area (Å²) in [4.78, 5) is 8.87. The predicted octanol–water partition coefficient (Wildman–Crippen LogP) is 2.58. The molecule has 0 aliphatic heterocycles. The molecule has 2 N–H and O–H groups in total. The minimum Gasteiger partial charge on any atom is -0.335 e. The standard InChI is InChI=1S/C15H23N5O/c1-2-11-4-3-5-12(8-11)14-18-15(21-19-14)13-9-20(7-6-16)10-17-13/h9-12H,2-8,16H2,1H3. The highest BCUT2D eigenvalue weighted by Crippen LogP contribution is 2.36. The van der Waals surface area contributed by atoms with Crippen LogP contribution in [0.2, 0.25) is 0 Å². The van der Waals surface area contributed by atoms with Crippen LogP contribution < -0.4 is 5.73 Å². The summed E-state index contributed by atoms with van der Waals surface area (Å²) in [5, 5.41) is 4.18. The molecule has 2 atom stereocenters. The third-order valence-electron chi connectivity index (χ3n) is 4.41. The van der Waals surface area contributed by atoms with Gasteiger partial charge in [-0.25, -0.2) is 4.98 Å². The highest BCUT2D eigenvalue weighted by Gasteiger charge is 2.26. The van der Waals surface area contributed by atoms with E-state index in [1.54, 1.807) is 6.33 Å². The molecule has 1 aliphatic rings. The van der Waals surface area contributed by atoms with E-state index in [-0.39, 0.29) is 0 Å². The summed E-state index contributed by atoms with van der Waals surface area (Å²) < 4.78 is 7.33. The van der Waals surface area contributed by atoms with Gasteiger partial charge in [-0.2, -0.15) is 4.98 Å². The molecule has 0 aromatic carbocycles. The van der Waals surface area contributed by atoms with E-state index in [4.69, 9.17) is 10.3 Å². The fourth-order valence-electron chi connectivity index (χ4n) is 3.14. The molecule has 21 heavy (non-hydrogen) atoms. The zero-order valence-corrected chi connectivity index (χ0v) is 12.5. The Bertz CT molecular complexity index is 576. The maximum Gasteiger partial charge on any atom is 0.278 e. The molecule has 1 fully saturated rings. The van der Waals surface area contributed by atoms with Gasteiger partial charge >= 0.3 is 0 Å². The lowest BCUT2D eigenvalue weighted by atomic mass is 9.80. The Kier molecular flexibility index (Phi) is 4.34. The summed E-state index contributed by atoms with van der Waals surface area (Å²) in [6.07, 6.45) is 9.83. The smallest absolute Gasteiger partial charge is 0.278 e. The molecule has 0 radical (unpaired) electrons. The molecular formula is C15H23N5O. The Labute approximate surface area is 124 Å². The van der Waals surface area contributed by atoms with Crippen LogP contribution in [0.15, 0.2) is 17.0 Å². The quantitative estimate of drug-likeness (QED) is 0.914. The lowest BCUT2D eigenvalue weighted by Gasteiger charge is -2.26. The van der Waals surface area contributed by atoms with Crippen molar-refractivity contribution < 1.29 is 4.52 Å². The molecule has 6 heteroatoms. The van der Waals surface area contributed by atoms with Gasteiger partial charge < -0.3 is 14.8 Å². The molecule has 1 saturated carbocycles. The maximum atomic E-state index is 5.54. The summed E-state index contributed by atoms with van der Waals surface area (Å²) in [5.74, 6) is 2.60. The summed E-state index contributed by atoms with van der Waals surface area (Å²) >= 11 is 0. The van der Waals surface area contributed by atoms with Crippen molar-refractivity contribution in [3.8, 4) is 11.6 Å². The van der Waals surface area contributed by atoms with Crippen LogP contribution in [0.3, 0.4) is 0 Å². The van der Waals surface area contributed by atoms with Gasteiger partial charge in [-0.05, 0) is 18.8 Å². The van der Waals surface area contributed by atoms with Crippen LogP contribution in [0, 0.1) is 5.92 Å². The van der Waals surface area contributed by atoms with E-state index < -0.39 is 0 Å². The fraction of sp³-hybridized carbons (Fsp3) is 0.667. The molecule has 0 saturated heterocycles. The van der Waals surface area contributed by atoms with Gasteiger partial charge in [0.15, 0.2) is 5.82 Å². The van der Waals surface area contributed by atoms with Crippen molar-refractivity contribution in [1.82, 2.24) is 19.7 Å². The van der Waals surface area contributed by atoms with Gasteiger partial charge in [0.05, 0.1) is 6.33 Å². The summed E-state index contributed by atoms with van der Waals surface area (Å²) in [5.41, 5.74) is 6.26. The van der Waals surface area contributed by atoms with Crippen molar-refractivity contribution in [2.75, 3.05) is 6.54 Å². The molecule has 2 aromatic rings. The second-order valence-corrected chi connectivity index (χ2v) is 5.88. The largest absolute Gasteiger partial charge is 0.335 e. The highest BCUT2D eigenvalue weighted by molar-refractivity contribution is 5.44. The second-order valence-electron chi connectivity index (χ2n) is 5.88. The second kappa shape index (κ2) is 6.39. The van der Waals surface area contributed by atoms with Gasteiger partial charge in [-0.1, -0.05) is 31.3 Å². The van der Waals surface area contributed by atoms with Gasteiger partial charge in [0, 0.05) is 25.2 Å². The minimum atomic E-state index is 0.437. The Morgan fingerprint density at radius 3 is 3.14 bits per heavy atom. The van der Waals surface area contributed by atoms with Crippen molar-refractivity contribution in [3.63, 3.8) is 0 Å². The topological polar surface area (TPSA) is 82.8 Å². The van der Waals surface area contributed by atoms with Gasteiger partial charge in [0.1, 0.15) is 5.69 Å². The van der Waals surface area contributed by atoms with E-state index in [0.29, 0.717) is 18.4 Å². The van der Waals surface area contributed by atoms with Crippen molar-refractivity contribution in [1.29, 1.82) is 0 Å². The first-order valence-corrected chi connectivity index (χ1v) is 7.86. The van der Waals surface area contributed by atoms with Crippen molar-refractivity contribution in [3.05, 3.63) is 18.3 Å². The summed E-state index contributed by atoms with van der Waals surface area (Å²) in [7, 11) is 0. The number of aromatic nitrogens is 4. The van der Waals surface area contributed by atoms with Gasteiger partial charge in [0.25, 0.3) is 5.89 Å². The first kappa shape index (κ1) is 14.3. The molecule has 0 spiro atoms. The Hall–Kier alpha value is -1.69. The van der Waals surface area contributed by atoms with Crippen LogP contribution in [0.4, 0.5) is 0 Å². The monoisotopic (exact) mass is 289 g/mol. The molecular weight excluding hydrogens is 266 g/mol. The highest BCUT2D eigenvalue weighted by atomic mass is 16.5. The first-order chi connectivity index (χ1) is 10.3. The number of nitrogens with two attached hydrogens (primary N) is 1. The van der Waals surface area contributed by atoms with E-state index in [0.717, 1.165) is 30.4 Å². The number of imidazole rings is 1. The predicted molar refractivity (Wildman–Crippen MR) is 79.6 cm³/mol. The SMILES string of the molecule is CCC1CCCC(c2noc(-c3cn(CCN)cn3)n2)C1. The molecule has 3 rings (SSSR count). The fourth-order valence-corrected chi connectivity index (χ4v) is 3.14. The lowest BCUT2D eigenvalue weighted by molar-refractivity contribution is 0.300. The number of rotatable bonds is 5. The zero-order chi connectivity index (χ0) is 14.7. The number of nitrogens with zero attached hydrogens (tertiary/aromatic N) is 4. The molecule has 2 aromatic heterocycles. The van der Waals surface area contributed by atoms with E-state index in [2.05, 4.69) is 22.0 Å². The van der Waals surface area contributed by atoms with Crippen LogP contribution in [0.5, 0.6) is 0 Å². The molecule has 0 amide bonds. The molecule has 2 heterocycles. The number of hydrogen-bond acceptors (Lipinski definition) is 5. The normalized spacial score (nSPS) is 22.6. The molecule has 1 aliphatic carbocycles. The van der Waals surface area contributed by atoms with Crippen LogP contribution in [0.1, 0.15) is 50.8 Å². The van der Waals surface area contributed by atoms with Crippen LogP contribution in [0.25, 0.3) is 11.6 Å². The van der Waals surface area contributed by atoms with E-state index >= 15 is 0 Å². The first-order valence-electron chi connectivity index (χ1n) is 7.86. The Balaban J connectivity index is 1.73. The van der Waals surface area contributed by atoms with Crippen molar-refractivity contribution in [2.45, 2.75) is 51.5 Å². The zero-order valence-electron chi connectivity index (χ0n) is 12.5. The van der Waals surface area contributed by atoms with Crippen LogP contribution in [-0.4, -0.2) is 26.2 Å². The van der Waals surface area contributed by atoms with Gasteiger partial charge in [-0.15, -0.1) is 0 Å².